The van der Waals surface area contributed by atoms with Gasteiger partial charge in [-0.1, -0.05) is 12.1 Å². The van der Waals surface area contributed by atoms with Crippen LogP contribution in [0.15, 0.2) is 40.7 Å². The van der Waals surface area contributed by atoms with E-state index >= 15 is 0 Å². The number of benzene rings is 1. The van der Waals surface area contributed by atoms with Gasteiger partial charge < -0.3 is 10.1 Å². The summed E-state index contributed by atoms with van der Waals surface area (Å²) in [6.45, 7) is 6.31. The van der Waals surface area contributed by atoms with Crippen molar-refractivity contribution in [1.29, 1.82) is 5.26 Å². The van der Waals surface area contributed by atoms with Crippen molar-refractivity contribution in [2.24, 2.45) is 10.9 Å². The van der Waals surface area contributed by atoms with Crippen LogP contribution in [0.4, 0.5) is 4.79 Å². The molecule has 9 heteroatoms. The van der Waals surface area contributed by atoms with Gasteiger partial charge in [0.05, 0.1) is 17.6 Å². The number of hydrogen-bond donors (Lipinski definition) is 2. The number of fused-ring (bicyclic) bond motifs is 1. The average Bonchev–Trinajstić information content (AvgIpc) is 3.39. The van der Waals surface area contributed by atoms with Crippen LogP contribution in [-0.4, -0.2) is 48.6 Å². The summed E-state index contributed by atoms with van der Waals surface area (Å²) < 4.78 is 5.35. The van der Waals surface area contributed by atoms with E-state index in [9.17, 15) is 14.9 Å². The molecule has 2 amide bonds. The van der Waals surface area contributed by atoms with Gasteiger partial charge in [0.25, 0.3) is 0 Å². The first-order valence-electron chi connectivity index (χ1n) is 10.3. The zero-order valence-electron chi connectivity index (χ0n) is 18.4. The standard InChI is InChI=1S/C23H25N5O3S/c1-22(2,3)31-21(30)26-20-27-23(13-25-11-17(23)19(29)28(20)4)18-9-16(12-32-18)15-7-5-6-14(8-15)10-24/h5-9,12,17,25H,11,13H2,1-4H3,(H,26,27,30)/t17?,23-/m0/s1. The number of amides is 2. The molecular formula is C23H25N5O3S. The Bertz CT molecular complexity index is 1140. The van der Waals surface area contributed by atoms with Crippen LogP contribution in [0, 0.1) is 17.2 Å². The molecule has 0 spiro atoms. The van der Waals surface area contributed by atoms with Crippen molar-refractivity contribution in [2.45, 2.75) is 31.9 Å². The summed E-state index contributed by atoms with van der Waals surface area (Å²) in [7, 11) is 1.61. The third-order valence-electron chi connectivity index (χ3n) is 5.54. The maximum Gasteiger partial charge on any atom is 0.414 e. The van der Waals surface area contributed by atoms with Gasteiger partial charge in [0.2, 0.25) is 11.9 Å². The number of guanidine groups is 1. The Hall–Kier alpha value is -3.22. The molecule has 2 aromatic rings. The molecule has 0 saturated carbocycles. The van der Waals surface area contributed by atoms with Gasteiger partial charge in [-0.25, -0.2) is 9.79 Å². The van der Waals surface area contributed by atoms with E-state index in [1.54, 1.807) is 33.9 Å². The van der Waals surface area contributed by atoms with Gasteiger partial charge in [-0.15, -0.1) is 11.3 Å². The lowest BCUT2D eigenvalue weighted by atomic mass is 9.83. The second-order valence-electron chi connectivity index (χ2n) is 8.96. The number of hydrogen-bond acceptors (Lipinski definition) is 7. The monoisotopic (exact) mass is 451 g/mol. The van der Waals surface area contributed by atoms with Crippen LogP contribution < -0.4 is 10.6 Å². The van der Waals surface area contributed by atoms with E-state index in [4.69, 9.17) is 9.73 Å². The highest BCUT2D eigenvalue weighted by Gasteiger charge is 2.54. The summed E-state index contributed by atoms with van der Waals surface area (Å²) in [5.41, 5.74) is 0.998. The summed E-state index contributed by atoms with van der Waals surface area (Å²) in [6, 6.07) is 11.6. The van der Waals surface area contributed by atoms with Crippen molar-refractivity contribution in [3.63, 3.8) is 0 Å². The number of nitrogens with one attached hydrogen (secondary N) is 2. The van der Waals surface area contributed by atoms with Crippen LogP contribution in [0.25, 0.3) is 11.1 Å². The molecule has 32 heavy (non-hydrogen) atoms. The Morgan fingerprint density at radius 2 is 2.16 bits per heavy atom. The molecule has 1 aromatic carbocycles. The van der Waals surface area contributed by atoms with Gasteiger partial charge >= 0.3 is 6.09 Å². The lowest BCUT2D eigenvalue weighted by Gasteiger charge is -2.38. The first-order chi connectivity index (χ1) is 15.1. The molecule has 1 aromatic heterocycles. The summed E-state index contributed by atoms with van der Waals surface area (Å²) in [5, 5.41) is 17.2. The van der Waals surface area contributed by atoms with Crippen molar-refractivity contribution >= 4 is 29.3 Å². The molecule has 0 aliphatic carbocycles. The Morgan fingerprint density at radius 3 is 2.88 bits per heavy atom. The SMILES string of the molecule is CN1C(=O)C2CNC[C@]2(c2cc(-c3cccc(C#N)c3)cs2)N=C1NC(=O)OC(C)(C)C. The predicted octanol–water partition coefficient (Wildman–Crippen LogP) is 3.05. The lowest BCUT2D eigenvalue weighted by Crippen LogP contribution is -2.56. The normalized spacial score (nSPS) is 22.7. The van der Waals surface area contributed by atoms with E-state index in [1.165, 1.54) is 16.2 Å². The summed E-state index contributed by atoms with van der Waals surface area (Å²) in [5.74, 6) is -0.322. The Balaban J connectivity index is 1.72. The number of nitriles is 1. The van der Waals surface area contributed by atoms with E-state index in [2.05, 4.69) is 16.7 Å². The number of thiophene rings is 1. The molecule has 8 nitrogen and oxygen atoms in total. The minimum Gasteiger partial charge on any atom is -0.444 e. The predicted molar refractivity (Wildman–Crippen MR) is 122 cm³/mol. The second kappa shape index (κ2) is 8.04. The van der Waals surface area contributed by atoms with Crippen molar-refractivity contribution in [1.82, 2.24) is 15.5 Å². The fourth-order valence-corrected chi connectivity index (χ4v) is 5.13. The number of ether oxygens (including phenoxy) is 1. The minimum absolute atomic E-state index is 0.113. The molecule has 166 valence electrons. The first kappa shape index (κ1) is 22.0. The molecule has 2 aliphatic rings. The van der Waals surface area contributed by atoms with Crippen LogP contribution in [0.3, 0.4) is 0 Å². The largest absolute Gasteiger partial charge is 0.444 e. The van der Waals surface area contributed by atoms with E-state index in [0.717, 1.165) is 16.0 Å². The van der Waals surface area contributed by atoms with Crippen molar-refractivity contribution in [3.8, 4) is 17.2 Å². The molecule has 0 radical (unpaired) electrons. The van der Waals surface area contributed by atoms with Gasteiger partial charge in [0.1, 0.15) is 11.1 Å². The maximum absolute atomic E-state index is 13.2. The Kier molecular flexibility index (Phi) is 5.53. The third kappa shape index (κ3) is 3.99. The Labute approximate surface area is 190 Å². The number of carbonyl (C=O) groups excluding carboxylic acids is 2. The molecule has 4 rings (SSSR count). The van der Waals surface area contributed by atoms with Crippen LogP contribution in [0.2, 0.25) is 0 Å². The minimum atomic E-state index is -0.816. The second-order valence-corrected chi connectivity index (χ2v) is 9.87. The fraction of sp³-hybridized carbons (Fsp3) is 0.391. The Morgan fingerprint density at radius 1 is 1.38 bits per heavy atom. The maximum atomic E-state index is 13.2. The zero-order valence-corrected chi connectivity index (χ0v) is 19.2. The van der Waals surface area contributed by atoms with Crippen molar-refractivity contribution in [2.75, 3.05) is 20.1 Å². The summed E-state index contributed by atoms with van der Waals surface area (Å²) in [4.78, 5) is 32.8. The summed E-state index contributed by atoms with van der Waals surface area (Å²) >= 11 is 1.52. The number of carbonyl (C=O) groups is 2. The lowest BCUT2D eigenvalue weighted by molar-refractivity contribution is -0.132. The van der Waals surface area contributed by atoms with Crippen molar-refractivity contribution < 1.29 is 14.3 Å². The van der Waals surface area contributed by atoms with Crippen LogP contribution in [0.5, 0.6) is 0 Å². The topological polar surface area (TPSA) is 107 Å². The number of aliphatic imine (C=N–C) groups is 1. The van der Waals surface area contributed by atoms with Gasteiger partial charge in [-0.2, -0.15) is 5.26 Å². The molecule has 2 N–H and O–H groups in total. The van der Waals surface area contributed by atoms with E-state index in [1.807, 2.05) is 29.6 Å². The van der Waals surface area contributed by atoms with E-state index in [0.29, 0.717) is 18.7 Å². The average molecular weight is 452 g/mol. The van der Waals surface area contributed by atoms with Crippen LogP contribution in [0.1, 0.15) is 31.2 Å². The van der Waals surface area contributed by atoms with E-state index in [-0.39, 0.29) is 17.8 Å². The number of rotatable bonds is 2. The highest BCUT2D eigenvalue weighted by Crippen LogP contribution is 2.44. The number of alkyl carbamates (subject to hydrolysis) is 1. The molecule has 3 heterocycles. The van der Waals surface area contributed by atoms with Gasteiger partial charge in [-0.05, 0) is 55.5 Å². The molecule has 1 unspecified atom stereocenters. The van der Waals surface area contributed by atoms with Gasteiger partial charge in [0, 0.05) is 25.0 Å². The fourth-order valence-electron chi connectivity index (χ4n) is 4.01. The van der Waals surface area contributed by atoms with Crippen LogP contribution in [-0.2, 0) is 15.1 Å². The highest BCUT2D eigenvalue weighted by atomic mass is 32.1. The van der Waals surface area contributed by atoms with E-state index < -0.39 is 17.2 Å². The quantitative estimate of drug-likeness (QED) is 0.730. The first-order valence-corrected chi connectivity index (χ1v) is 11.2. The van der Waals surface area contributed by atoms with Gasteiger partial charge in [-0.3, -0.25) is 15.0 Å². The van der Waals surface area contributed by atoms with Gasteiger partial charge in [0.15, 0.2) is 0 Å². The molecule has 2 aliphatic heterocycles. The molecular weight excluding hydrogens is 426 g/mol. The molecule has 2 atom stereocenters. The molecule has 0 bridgehead atoms. The number of nitrogens with zero attached hydrogens (tertiary/aromatic N) is 3. The highest BCUT2D eigenvalue weighted by molar-refractivity contribution is 7.10. The zero-order chi connectivity index (χ0) is 23.1. The smallest absolute Gasteiger partial charge is 0.414 e. The summed E-state index contributed by atoms with van der Waals surface area (Å²) in [6.07, 6.45) is -0.657. The van der Waals surface area contributed by atoms with Crippen LogP contribution >= 0.6 is 11.3 Å². The van der Waals surface area contributed by atoms with Crippen molar-refractivity contribution in [3.05, 3.63) is 46.2 Å². The molecule has 1 saturated heterocycles. The molecule has 1 fully saturated rings. The third-order valence-corrected chi connectivity index (χ3v) is 6.63.